The van der Waals surface area contributed by atoms with Crippen LogP contribution in [0.5, 0.6) is 11.5 Å². The van der Waals surface area contributed by atoms with Gasteiger partial charge in [-0.15, -0.1) is 0 Å². The van der Waals surface area contributed by atoms with Gasteiger partial charge in [-0.2, -0.15) is 0 Å². The van der Waals surface area contributed by atoms with E-state index in [4.69, 9.17) is 14.0 Å². The largest absolute Gasteiger partial charge is 0.493 e. The van der Waals surface area contributed by atoms with Crippen LogP contribution in [-0.4, -0.2) is 25.3 Å². The molecule has 0 aliphatic rings. The highest BCUT2D eigenvalue weighted by Crippen LogP contribution is 2.27. The zero-order valence-corrected chi connectivity index (χ0v) is 14.1. The number of methoxy groups -OCH3 is 2. The van der Waals surface area contributed by atoms with Crippen molar-refractivity contribution < 1.29 is 18.8 Å². The molecule has 0 bridgehead atoms. The molecule has 0 atom stereocenters. The Labute approximate surface area is 135 Å². The summed E-state index contributed by atoms with van der Waals surface area (Å²) < 4.78 is 15.7. The van der Waals surface area contributed by atoms with E-state index in [1.807, 2.05) is 32.0 Å². The molecule has 0 unspecified atom stereocenters. The molecule has 1 aromatic heterocycles. The Morgan fingerprint density at radius 2 is 1.96 bits per heavy atom. The smallest absolute Gasteiger partial charge is 0.257 e. The van der Waals surface area contributed by atoms with Gasteiger partial charge in [0.25, 0.3) is 5.91 Å². The van der Waals surface area contributed by atoms with Gasteiger partial charge < -0.3 is 19.3 Å². The molecule has 1 amide bonds. The fraction of sp³-hybridized carbons (Fsp3) is 0.412. The molecule has 1 aromatic carbocycles. The van der Waals surface area contributed by atoms with E-state index in [9.17, 15) is 4.79 Å². The second-order valence-corrected chi connectivity index (χ2v) is 5.53. The van der Waals surface area contributed by atoms with Crippen LogP contribution < -0.4 is 14.8 Å². The lowest BCUT2D eigenvalue weighted by Gasteiger charge is -2.11. The van der Waals surface area contributed by atoms with E-state index >= 15 is 0 Å². The van der Waals surface area contributed by atoms with Crippen molar-refractivity contribution in [3.05, 3.63) is 40.8 Å². The molecule has 0 aliphatic carbocycles. The van der Waals surface area contributed by atoms with Crippen molar-refractivity contribution in [3.8, 4) is 11.5 Å². The Bertz CT molecular complexity index is 692. The van der Waals surface area contributed by atoms with Gasteiger partial charge in [0.05, 0.1) is 19.9 Å². The minimum atomic E-state index is -0.192. The molecule has 6 heteroatoms. The van der Waals surface area contributed by atoms with Crippen LogP contribution >= 0.6 is 0 Å². The van der Waals surface area contributed by atoms with Crippen molar-refractivity contribution in [2.75, 3.05) is 14.2 Å². The number of aromatic nitrogens is 1. The number of carbonyl (C=O) groups excluding carboxylic acids is 1. The van der Waals surface area contributed by atoms with Crippen LogP contribution in [0.3, 0.4) is 0 Å². The lowest BCUT2D eigenvalue weighted by atomic mass is 10.0. The fourth-order valence-corrected chi connectivity index (χ4v) is 2.32. The number of hydrogen-bond donors (Lipinski definition) is 1. The average Bonchev–Trinajstić information content (AvgIpc) is 2.94. The first-order chi connectivity index (χ1) is 11.0. The predicted molar refractivity (Wildman–Crippen MR) is 86.0 cm³/mol. The molecular formula is C17H22N2O4. The van der Waals surface area contributed by atoms with E-state index in [-0.39, 0.29) is 11.8 Å². The Morgan fingerprint density at radius 3 is 2.57 bits per heavy atom. The lowest BCUT2D eigenvalue weighted by Crippen LogP contribution is -2.24. The second kappa shape index (κ2) is 7.17. The van der Waals surface area contributed by atoms with Crippen LogP contribution in [0.25, 0.3) is 0 Å². The number of ether oxygens (including phenoxy) is 2. The van der Waals surface area contributed by atoms with Gasteiger partial charge in [0.1, 0.15) is 5.56 Å². The van der Waals surface area contributed by atoms with Gasteiger partial charge in [-0.05, 0) is 24.6 Å². The molecular weight excluding hydrogens is 296 g/mol. The molecule has 23 heavy (non-hydrogen) atoms. The van der Waals surface area contributed by atoms with Crippen LogP contribution in [0.2, 0.25) is 0 Å². The van der Waals surface area contributed by atoms with Crippen LogP contribution in [-0.2, 0) is 6.54 Å². The third kappa shape index (κ3) is 3.64. The first kappa shape index (κ1) is 16.9. The first-order valence-electron chi connectivity index (χ1n) is 7.43. The summed E-state index contributed by atoms with van der Waals surface area (Å²) in [7, 11) is 3.16. The lowest BCUT2D eigenvalue weighted by molar-refractivity contribution is 0.0948. The van der Waals surface area contributed by atoms with Gasteiger partial charge >= 0.3 is 0 Å². The van der Waals surface area contributed by atoms with Gasteiger partial charge in [-0.1, -0.05) is 25.1 Å². The van der Waals surface area contributed by atoms with Crippen molar-refractivity contribution in [2.24, 2.45) is 0 Å². The topological polar surface area (TPSA) is 73.6 Å². The van der Waals surface area contributed by atoms with Gasteiger partial charge in [0.2, 0.25) is 0 Å². The van der Waals surface area contributed by atoms with Gasteiger partial charge in [-0.25, -0.2) is 0 Å². The predicted octanol–water partition coefficient (Wildman–Crippen LogP) is 3.05. The molecule has 2 aromatic rings. The summed E-state index contributed by atoms with van der Waals surface area (Å²) in [4.78, 5) is 12.4. The van der Waals surface area contributed by atoms with Gasteiger partial charge in [0, 0.05) is 12.5 Å². The number of carbonyl (C=O) groups is 1. The molecule has 6 nitrogen and oxygen atoms in total. The van der Waals surface area contributed by atoms with Crippen molar-refractivity contribution in [2.45, 2.75) is 33.2 Å². The van der Waals surface area contributed by atoms with Crippen LogP contribution in [0.15, 0.2) is 22.7 Å². The molecule has 0 saturated carbocycles. The summed E-state index contributed by atoms with van der Waals surface area (Å²) in [5.74, 6) is 1.79. The molecule has 2 rings (SSSR count). The quantitative estimate of drug-likeness (QED) is 0.886. The number of nitrogens with zero attached hydrogens (tertiary/aromatic N) is 1. The Balaban J connectivity index is 2.12. The number of amides is 1. The van der Waals surface area contributed by atoms with Gasteiger partial charge in [-0.3, -0.25) is 4.79 Å². The highest BCUT2D eigenvalue weighted by molar-refractivity contribution is 5.96. The molecule has 0 radical (unpaired) electrons. The molecule has 0 aliphatic heterocycles. The Hall–Kier alpha value is -2.50. The number of nitrogens with one attached hydrogen (secondary N) is 1. The highest BCUT2D eigenvalue weighted by atomic mass is 16.5. The molecule has 1 heterocycles. The van der Waals surface area contributed by atoms with E-state index in [0.717, 1.165) is 5.56 Å². The Morgan fingerprint density at radius 1 is 1.26 bits per heavy atom. The summed E-state index contributed by atoms with van der Waals surface area (Å²) in [6.07, 6.45) is 0. The highest BCUT2D eigenvalue weighted by Gasteiger charge is 2.22. The van der Waals surface area contributed by atoms with Crippen molar-refractivity contribution in [1.29, 1.82) is 0 Å². The Kier molecular flexibility index (Phi) is 5.26. The summed E-state index contributed by atoms with van der Waals surface area (Å²) >= 11 is 0. The molecule has 0 spiro atoms. The molecule has 124 valence electrons. The normalized spacial score (nSPS) is 10.7. The standard InChI is InChI=1S/C17H22N2O4/c1-10(2)16-15(11(3)19-23-16)17(20)18-9-12-6-7-13(21-4)14(8-12)22-5/h6-8,10H,9H2,1-5H3,(H,18,20). The maximum absolute atomic E-state index is 12.4. The fourth-order valence-electron chi connectivity index (χ4n) is 2.32. The summed E-state index contributed by atoms with van der Waals surface area (Å²) in [6.45, 7) is 6.07. The number of rotatable bonds is 6. The molecule has 0 saturated heterocycles. The molecule has 1 N–H and O–H groups in total. The average molecular weight is 318 g/mol. The van der Waals surface area contributed by atoms with Crippen molar-refractivity contribution in [3.63, 3.8) is 0 Å². The number of hydrogen-bond acceptors (Lipinski definition) is 5. The van der Waals surface area contributed by atoms with Crippen LogP contribution in [0, 0.1) is 6.92 Å². The minimum Gasteiger partial charge on any atom is -0.493 e. The third-order valence-electron chi connectivity index (χ3n) is 3.54. The number of benzene rings is 1. The van der Waals surface area contributed by atoms with E-state index in [1.165, 1.54) is 0 Å². The first-order valence-corrected chi connectivity index (χ1v) is 7.43. The maximum atomic E-state index is 12.4. The molecule has 0 fully saturated rings. The monoisotopic (exact) mass is 318 g/mol. The van der Waals surface area contributed by atoms with E-state index in [1.54, 1.807) is 21.1 Å². The number of aryl methyl sites for hydroxylation is 1. The van der Waals surface area contributed by atoms with E-state index in [2.05, 4.69) is 10.5 Å². The van der Waals surface area contributed by atoms with Crippen LogP contribution in [0.4, 0.5) is 0 Å². The maximum Gasteiger partial charge on any atom is 0.257 e. The summed E-state index contributed by atoms with van der Waals surface area (Å²) in [5, 5.41) is 6.78. The second-order valence-electron chi connectivity index (χ2n) is 5.53. The zero-order chi connectivity index (χ0) is 17.0. The van der Waals surface area contributed by atoms with Gasteiger partial charge in [0.15, 0.2) is 17.3 Å². The van der Waals surface area contributed by atoms with E-state index < -0.39 is 0 Å². The van der Waals surface area contributed by atoms with Crippen molar-refractivity contribution >= 4 is 5.91 Å². The van der Waals surface area contributed by atoms with E-state index in [0.29, 0.717) is 35.1 Å². The third-order valence-corrected chi connectivity index (χ3v) is 3.54. The minimum absolute atomic E-state index is 0.0954. The van der Waals surface area contributed by atoms with Crippen molar-refractivity contribution in [1.82, 2.24) is 10.5 Å². The summed E-state index contributed by atoms with van der Waals surface area (Å²) in [5.41, 5.74) is 2.02. The SMILES string of the molecule is COc1ccc(CNC(=O)c2c(C)noc2C(C)C)cc1OC. The summed E-state index contributed by atoms with van der Waals surface area (Å²) in [6, 6.07) is 5.53. The zero-order valence-electron chi connectivity index (χ0n) is 14.1. The van der Waals surface area contributed by atoms with Crippen LogP contribution in [0.1, 0.15) is 47.1 Å².